The van der Waals surface area contributed by atoms with Crippen molar-refractivity contribution in [2.75, 3.05) is 0 Å². The Morgan fingerprint density at radius 2 is 1.96 bits per heavy atom. The summed E-state index contributed by atoms with van der Waals surface area (Å²) >= 11 is 0. The van der Waals surface area contributed by atoms with Gasteiger partial charge < -0.3 is 9.83 Å². The number of hydrogen-bond acceptors (Lipinski definition) is 2. The van der Waals surface area contributed by atoms with Gasteiger partial charge in [0.1, 0.15) is 11.3 Å². The van der Waals surface area contributed by atoms with Crippen molar-refractivity contribution >= 4 is 22.8 Å². The van der Waals surface area contributed by atoms with Gasteiger partial charge in [0, 0.05) is 17.2 Å². The third kappa shape index (κ3) is 4.70. The second-order valence-corrected chi connectivity index (χ2v) is 6.06. The van der Waals surface area contributed by atoms with Gasteiger partial charge in [-0.3, -0.25) is 0 Å². The average molecular weight is 325 g/mol. The molecular weight excluding hydrogens is 294 g/mol. The Morgan fingerprint density at radius 3 is 2.54 bits per heavy atom. The fourth-order valence-electron chi connectivity index (χ4n) is 2.81. The zero-order valence-corrected chi connectivity index (χ0v) is 15.9. The van der Waals surface area contributed by atoms with Crippen molar-refractivity contribution in [3.05, 3.63) is 53.3 Å². The van der Waals surface area contributed by atoms with Crippen LogP contribution in [0.25, 0.3) is 16.5 Å². The fraction of sp³-hybridized carbons (Fsp3) is 0.409. The predicted octanol–water partition coefficient (Wildman–Crippen LogP) is 6.97. The van der Waals surface area contributed by atoms with Crippen molar-refractivity contribution in [3.63, 3.8) is 0 Å². The van der Waals surface area contributed by atoms with Crippen molar-refractivity contribution in [1.29, 1.82) is 5.41 Å². The Bertz CT molecular complexity index is 717. The molecule has 2 aromatic rings. The summed E-state index contributed by atoms with van der Waals surface area (Å²) in [6.45, 7) is 12.7. The third-order valence-corrected chi connectivity index (χ3v) is 3.88. The molecule has 0 fully saturated rings. The molecule has 2 nitrogen and oxygen atoms in total. The minimum Gasteiger partial charge on any atom is -0.456 e. The molecule has 1 aromatic carbocycles. The molecular formula is C22H31NO. The monoisotopic (exact) mass is 325 g/mol. The maximum absolute atomic E-state index is 7.07. The highest BCUT2D eigenvalue weighted by atomic mass is 16.3. The van der Waals surface area contributed by atoms with Gasteiger partial charge in [-0.2, -0.15) is 0 Å². The number of fused-ring (bicyclic) bond motifs is 1. The minimum atomic E-state index is 0.605. The van der Waals surface area contributed by atoms with E-state index in [0.29, 0.717) is 5.92 Å². The third-order valence-electron chi connectivity index (χ3n) is 3.88. The van der Waals surface area contributed by atoms with Gasteiger partial charge in [-0.05, 0) is 49.8 Å². The summed E-state index contributed by atoms with van der Waals surface area (Å²) in [4.78, 5) is 0. The van der Waals surface area contributed by atoms with Gasteiger partial charge in [-0.1, -0.05) is 58.0 Å². The minimum absolute atomic E-state index is 0.605. The Labute approximate surface area is 146 Å². The number of hydrogen-bond donors (Lipinski definition) is 1. The molecule has 2 rings (SSSR count). The summed E-state index contributed by atoms with van der Waals surface area (Å²) in [6, 6.07) is 6.31. The van der Waals surface area contributed by atoms with E-state index < -0.39 is 0 Å². The zero-order valence-electron chi connectivity index (χ0n) is 15.9. The van der Waals surface area contributed by atoms with E-state index in [9.17, 15) is 0 Å². The van der Waals surface area contributed by atoms with E-state index in [1.807, 2.05) is 19.9 Å². The maximum atomic E-state index is 7.07. The van der Waals surface area contributed by atoms with Crippen LogP contribution in [0.2, 0.25) is 0 Å². The number of benzene rings is 1. The van der Waals surface area contributed by atoms with Crippen LogP contribution in [0.5, 0.6) is 0 Å². The highest BCUT2D eigenvalue weighted by molar-refractivity contribution is 5.88. The van der Waals surface area contributed by atoms with Crippen molar-refractivity contribution < 1.29 is 4.42 Å². The quantitative estimate of drug-likeness (QED) is 0.572. The Kier molecular flexibility index (Phi) is 8.25. The van der Waals surface area contributed by atoms with Crippen LogP contribution in [0, 0.1) is 18.3 Å². The van der Waals surface area contributed by atoms with Gasteiger partial charge in [0.25, 0.3) is 0 Å². The highest BCUT2D eigenvalue weighted by Gasteiger charge is 2.16. The number of nitrogens with one attached hydrogen (secondary N) is 1. The van der Waals surface area contributed by atoms with Crippen molar-refractivity contribution in [2.24, 2.45) is 5.92 Å². The standard InChI is InChI=1S/C20H25NO.C2H6/c1-5-16(13-14(2)3)19-15(4)18-11-8-10-17(20(18)22-19)9-6-7-12-21;1-2/h5-8,10-12,14,21H,9,13H2,1-4H3;1-2H3/b7-6-,16-5-,21-12?;. The van der Waals surface area contributed by atoms with Crippen molar-refractivity contribution in [1.82, 2.24) is 0 Å². The fourth-order valence-corrected chi connectivity index (χ4v) is 2.81. The number of rotatable bonds is 6. The van der Waals surface area contributed by atoms with Gasteiger partial charge in [-0.15, -0.1) is 0 Å². The largest absolute Gasteiger partial charge is 0.456 e. The van der Waals surface area contributed by atoms with E-state index in [4.69, 9.17) is 9.83 Å². The van der Waals surface area contributed by atoms with Crippen LogP contribution in [-0.2, 0) is 6.42 Å². The molecule has 0 atom stereocenters. The Hall–Kier alpha value is -2.09. The normalized spacial score (nSPS) is 11.9. The molecule has 0 unspecified atom stereocenters. The molecule has 0 aliphatic heterocycles. The van der Waals surface area contributed by atoms with Crippen molar-refractivity contribution in [3.8, 4) is 0 Å². The first-order valence-electron chi connectivity index (χ1n) is 8.90. The second-order valence-electron chi connectivity index (χ2n) is 6.06. The molecule has 1 aromatic heterocycles. The first-order chi connectivity index (χ1) is 11.6. The molecule has 0 aliphatic rings. The molecule has 0 aliphatic carbocycles. The van der Waals surface area contributed by atoms with Crippen LogP contribution in [0.1, 0.15) is 57.9 Å². The number of furan rings is 1. The number of allylic oxidation sites excluding steroid dienone is 4. The highest BCUT2D eigenvalue weighted by Crippen LogP contribution is 2.34. The van der Waals surface area contributed by atoms with Crippen LogP contribution < -0.4 is 0 Å². The molecule has 0 saturated heterocycles. The molecule has 0 bridgehead atoms. The summed E-state index contributed by atoms with van der Waals surface area (Å²) in [5.41, 5.74) is 4.66. The van der Waals surface area contributed by atoms with E-state index >= 15 is 0 Å². The molecule has 24 heavy (non-hydrogen) atoms. The maximum Gasteiger partial charge on any atom is 0.138 e. The predicted molar refractivity (Wildman–Crippen MR) is 107 cm³/mol. The Morgan fingerprint density at radius 1 is 1.25 bits per heavy atom. The molecule has 0 amide bonds. The van der Waals surface area contributed by atoms with Crippen LogP contribution in [0.15, 0.2) is 40.8 Å². The summed E-state index contributed by atoms with van der Waals surface area (Å²) in [5.74, 6) is 1.63. The Balaban J connectivity index is 0.00000139. The first kappa shape index (κ1) is 20.0. The molecule has 0 saturated carbocycles. The molecule has 0 spiro atoms. The summed E-state index contributed by atoms with van der Waals surface area (Å²) in [6.07, 6.45) is 9.03. The lowest BCUT2D eigenvalue weighted by molar-refractivity contribution is 0.578. The number of aryl methyl sites for hydroxylation is 1. The van der Waals surface area contributed by atoms with Crippen LogP contribution in [0.3, 0.4) is 0 Å². The smallest absolute Gasteiger partial charge is 0.138 e. The van der Waals surface area contributed by atoms with Crippen LogP contribution in [-0.4, -0.2) is 6.21 Å². The lowest BCUT2D eigenvalue weighted by atomic mass is 9.98. The summed E-state index contributed by atoms with van der Waals surface area (Å²) in [7, 11) is 0. The molecule has 0 radical (unpaired) electrons. The first-order valence-corrected chi connectivity index (χ1v) is 8.90. The van der Waals surface area contributed by atoms with E-state index in [1.165, 1.54) is 28.3 Å². The number of para-hydroxylation sites is 1. The van der Waals surface area contributed by atoms with Gasteiger partial charge >= 0.3 is 0 Å². The van der Waals surface area contributed by atoms with Gasteiger partial charge in [0.05, 0.1) is 0 Å². The lowest BCUT2D eigenvalue weighted by Crippen LogP contribution is -1.91. The van der Waals surface area contributed by atoms with Crippen molar-refractivity contribution in [2.45, 2.75) is 54.4 Å². The lowest BCUT2D eigenvalue weighted by Gasteiger charge is -2.08. The van der Waals surface area contributed by atoms with Crippen LogP contribution in [0.4, 0.5) is 0 Å². The van der Waals surface area contributed by atoms with Gasteiger partial charge in [-0.25, -0.2) is 0 Å². The summed E-state index contributed by atoms with van der Waals surface area (Å²) in [5, 5.41) is 8.27. The zero-order chi connectivity index (χ0) is 18.1. The van der Waals surface area contributed by atoms with Gasteiger partial charge in [0.15, 0.2) is 0 Å². The topological polar surface area (TPSA) is 37.0 Å². The average Bonchev–Trinajstić information content (AvgIpc) is 2.92. The van der Waals surface area contributed by atoms with E-state index in [1.54, 1.807) is 6.08 Å². The molecule has 1 heterocycles. The molecule has 1 N–H and O–H groups in total. The second kappa shape index (κ2) is 9.92. The van der Waals surface area contributed by atoms with E-state index in [-0.39, 0.29) is 0 Å². The van der Waals surface area contributed by atoms with E-state index in [2.05, 4.69) is 52.0 Å². The molecule has 2 heteroatoms. The molecule has 130 valence electrons. The van der Waals surface area contributed by atoms with E-state index in [0.717, 1.165) is 24.2 Å². The van der Waals surface area contributed by atoms with Gasteiger partial charge in [0.2, 0.25) is 0 Å². The summed E-state index contributed by atoms with van der Waals surface area (Å²) < 4.78 is 6.26. The van der Waals surface area contributed by atoms with Crippen LogP contribution >= 0.6 is 0 Å². The SMILES string of the molecule is C/C=C(/CC(C)C)c1oc2c(C/C=C\C=N)cccc2c1C.CC.